The van der Waals surface area contributed by atoms with Crippen LogP contribution in [0.15, 0.2) is 78.9 Å². The number of nitro groups is 1. The zero-order chi connectivity index (χ0) is 22.5. The number of non-ortho nitro benzene ring substituents is 1. The van der Waals surface area contributed by atoms with Crippen LogP contribution in [0.3, 0.4) is 0 Å². The molecule has 3 aromatic carbocycles. The molecule has 0 bridgehead atoms. The molecule has 1 aliphatic rings. The molecule has 32 heavy (non-hydrogen) atoms. The fourth-order valence-corrected chi connectivity index (χ4v) is 4.29. The molecular weight excluding hydrogens is 428 g/mol. The summed E-state index contributed by atoms with van der Waals surface area (Å²) in [6, 6.07) is 23.5. The molecule has 3 aromatic rings. The summed E-state index contributed by atoms with van der Waals surface area (Å²) in [5, 5.41) is 11.5. The molecule has 1 heterocycles. The van der Waals surface area contributed by atoms with Crippen molar-refractivity contribution in [1.82, 2.24) is 4.90 Å². The van der Waals surface area contributed by atoms with Gasteiger partial charge in [-0.2, -0.15) is 0 Å². The van der Waals surface area contributed by atoms with Crippen LogP contribution in [0.25, 0.3) is 0 Å². The van der Waals surface area contributed by atoms with Gasteiger partial charge in [0, 0.05) is 42.6 Å². The molecule has 0 N–H and O–H groups in total. The van der Waals surface area contributed by atoms with E-state index >= 15 is 0 Å². The topological polar surface area (TPSA) is 72.7 Å². The Kier molecular flexibility index (Phi) is 6.71. The lowest BCUT2D eigenvalue weighted by atomic mass is 9.87. The fourth-order valence-electron chi connectivity index (χ4n) is 4.07. The molecule has 1 saturated heterocycles. The molecule has 164 valence electrons. The van der Waals surface area contributed by atoms with Gasteiger partial charge >= 0.3 is 0 Å². The van der Waals surface area contributed by atoms with Crippen molar-refractivity contribution in [2.24, 2.45) is 0 Å². The van der Waals surface area contributed by atoms with Gasteiger partial charge in [0.05, 0.1) is 11.3 Å². The Hall–Kier alpha value is -3.38. The summed E-state index contributed by atoms with van der Waals surface area (Å²) in [6.07, 6.45) is 0.822. The second kappa shape index (κ2) is 9.83. The van der Waals surface area contributed by atoms with E-state index in [0.717, 1.165) is 11.1 Å². The van der Waals surface area contributed by atoms with Crippen LogP contribution < -0.4 is 4.74 Å². The van der Waals surface area contributed by atoms with Gasteiger partial charge < -0.3 is 9.64 Å². The summed E-state index contributed by atoms with van der Waals surface area (Å²) in [6.45, 7) is 1.13. The van der Waals surface area contributed by atoms with E-state index in [9.17, 15) is 14.9 Å². The Bertz CT molecular complexity index is 1090. The second-order valence-electron chi connectivity index (χ2n) is 7.86. The Balaban J connectivity index is 1.50. The van der Waals surface area contributed by atoms with Gasteiger partial charge in [0.25, 0.3) is 5.69 Å². The monoisotopic (exact) mass is 450 g/mol. The largest absolute Gasteiger partial charge is 0.490 e. The average Bonchev–Trinajstić information content (AvgIpc) is 2.80. The van der Waals surface area contributed by atoms with E-state index in [-0.39, 0.29) is 23.6 Å². The number of halogens is 1. The molecule has 6 nitrogen and oxygen atoms in total. The van der Waals surface area contributed by atoms with E-state index in [2.05, 4.69) is 0 Å². The minimum Gasteiger partial charge on any atom is -0.490 e. The molecule has 7 heteroatoms. The maximum Gasteiger partial charge on any atom is 0.269 e. The quantitative estimate of drug-likeness (QED) is 0.379. The Morgan fingerprint density at radius 1 is 1.06 bits per heavy atom. The Morgan fingerprint density at radius 3 is 2.50 bits per heavy atom. The van der Waals surface area contributed by atoms with Gasteiger partial charge in [-0.3, -0.25) is 14.9 Å². The van der Waals surface area contributed by atoms with Gasteiger partial charge in [-0.15, -0.1) is 0 Å². The minimum atomic E-state index is -0.430. The third kappa shape index (κ3) is 5.26. The molecule has 1 fully saturated rings. The number of hydrogen-bond acceptors (Lipinski definition) is 4. The molecule has 2 unspecified atom stereocenters. The second-order valence-corrected chi connectivity index (χ2v) is 8.30. The summed E-state index contributed by atoms with van der Waals surface area (Å²) in [4.78, 5) is 25.4. The number of likely N-dealkylation sites (tertiary alicyclic amines) is 1. The zero-order valence-electron chi connectivity index (χ0n) is 17.4. The smallest absolute Gasteiger partial charge is 0.269 e. The van der Waals surface area contributed by atoms with E-state index in [4.69, 9.17) is 16.3 Å². The van der Waals surface area contributed by atoms with Crippen LogP contribution in [0.1, 0.15) is 23.5 Å². The number of nitrogens with zero attached hydrogens (tertiary/aromatic N) is 2. The van der Waals surface area contributed by atoms with E-state index in [1.807, 2.05) is 53.4 Å². The van der Waals surface area contributed by atoms with Crippen molar-refractivity contribution < 1.29 is 14.5 Å². The normalized spacial score (nSPS) is 18.2. The van der Waals surface area contributed by atoms with Crippen LogP contribution >= 0.6 is 11.6 Å². The first kappa shape index (κ1) is 21.8. The SMILES string of the molecule is O=C(Cc1cccc(Cl)c1)N1CCC(Oc2ccc([N+](=O)[O-])cc2)C(c2ccccc2)C1. The maximum atomic E-state index is 13.0. The highest BCUT2D eigenvalue weighted by molar-refractivity contribution is 6.30. The summed E-state index contributed by atoms with van der Waals surface area (Å²) < 4.78 is 6.24. The number of ether oxygens (including phenoxy) is 1. The number of hydrogen-bond donors (Lipinski definition) is 0. The van der Waals surface area contributed by atoms with Gasteiger partial charge in [0.1, 0.15) is 11.9 Å². The summed E-state index contributed by atoms with van der Waals surface area (Å²) in [7, 11) is 0. The van der Waals surface area contributed by atoms with Crippen molar-refractivity contribution in [2.75, 3.05) is 13.1 Å². The lowest BCUT2D eigenvalue weighted by molar-refractivity contribution is -0.384. The lowest BCUT2D eigenvalue weighted by Gasteiger charge is -2.39. The average molecular weight is 451 g/mol. The predicted octanol–water partition coefficient (Wildman–Crippen LogP) is 5.25. The fraction of sp³-hybridized carbons (Fsp3) is 0.240. The molecule has 0 radical (unpaired) electrons. The molecule has 0 saturated carbocycles. The molecule has 0 spiro atoms. The predicted molar refractivity (Wildman–Crippen MR) is 123 cm³/mol. The molecule has 1 aliphatic heterocycles. The molecule has 0 aliphatic carbocycles. The van der Waals surface area contributed by atoms with Crippen molar-refractivity contribution in [3.8, 4) is 5.75 Å². The molecule has 4 rings (SSSR count). The van der Waals surface area contributed by atoms with E-state index in [1.54, 1.807) is 18.2 Å². The number of nitro benzene ring substituents is 1. The summed E-state index contributed by atoms with van der Waals surface area (Å²) in [5.41, 5.74) is 2.01. The van der Waals surface area contributed by atoms with Crippen molar-refractivity contribution >= 4 is 23.2 Å². The van der Waals surface area contributed by atoms with Crippen LogP contribution in [0.2, 0.25) is 5.02 Å². The Labute approximate surface area is 191 Å². The maximum absolute atomic E-state index is 13.0. The van der Waals surface area contributed by atoms with E-state index in [1.165, 1.54) is 12.1 Å². The third-order valence-corrected chi connectivity index (χ3v) is 5.94. The van der Waals surface area contributed by atoms with Gasteiger partial charge in [0.2, 0.25) is 5.91 Å². The first-order valence-corrected chi connectivity index (χ1v) is 10.9. The number of amides is 1. The molecular formula is C25H23ClN2O4. The van der Waals surface area contributed by atoms with Gasteiger partial charge in [-0.05, 0) is 35.4 Å². The summed E-state index contributed by atoms with van der Waals surface area (Å²) >= 11 is 6.06. The van der Waals surface area contributed by atoms with Crippen LogP contribution in [0, 0.1) is 10.1 Å². The Morgan fingerprint density at radius 2 is 1.81 bits per heavy atom. The first-order valence-electron chi connectivity index (χ1n) is 10.5. The zero-order valence-corrected chi connectivity index (χ0v) is 18.1. The number of piperidine rings is 1. The van der Waals surface area contributed by atoms with Crippen molar-refractivity contribution in [3.63, 3.8) is 0 Å². The first-order chi connectivity index (χ1) is 15.5. The van der Waals surface area contributed by atoms with Crippen LogP contribution in [-0.4, -0.2) is 34.9 Å². The highest BCUT2D eigenvalue weighted by atomic mass is 35.5. The third-order valence-electron chi connectivity index (χ3n) is 5.71. The minimum absolute atomic E-state index is 0.0107. The number of benzene rings is 3. The molecule has 2 atom stereocenters. The van der Waals surface area contributed by atoms with Gasteiger partial charge in [-0.1, -0.05) is 54.1 Å². The lowest BCUT2D eigenvalue weighted by Crippen LogP contribution is -2.47. The standard InChI is InChI=1S/C25H23ClN2O4/c26-20-8-4-5-18(15-20)16-25(29)27-14-13-24(23(17-27)19-6-2-1-3-7-19)32-22-11-9-21(10-12-22)28(30)31/h1-12,15,23-24H,13-14,16-17H2. The number of carbonyl (C=O) groups is 1. The molecule has 0 aromatic heterocycles. The van der Waals surface area contributed by atoms with Crippen LogP contribution in [0.4, 0.5) is 5.69 Å². The van der Waals surface area contributed by atoms with E-state index in [0.29, 0.717) is 36.7 Å². The summed E-state index contributed by atoms with van der Waals surface area (Å²) in [5.74, 6) is 0.630. The van der Waals surface area contributed by atoms with Crippen LogP contribution in [0.5, 0.6) is 5.75 Å². The highest BCUT2D eigenvalue weighted by Gasteiger charge is 2.34. The molecule has 1 amide bonds. The number of rotatable bonds is 6. The van der Waals surface area contributed by atoms with Crippen molar-refractivity contribution in [1.29, 1.82) is 0 Å². The van der Waals surface area contributed by atoms with Crippen molar-refractivity contribution in [2.45, 2.75) is 24.9 Å². The van der Waals surface area contributed by atoms with Gasteiger partial charge in [-0.25, -0.2) is 0 Å². The van der Waals surface area contributed by atoms with Crippen molar-refractivity contribution in [3.05, 3.63) is 105 Å². The number of carbonyl (C=O) groups excluding carboxylic acids is 1. The van der Waals surface area contributed by atoms with Gasteiger partial charge in [0.15, 0.2) is 0 Å². The van der Waals surface area contributed by atoms with E-state index < -0.39 is 4.92 Å². The van der Waals surface area contributed by atoms with Crippen LogP contribution in [-0.2, 0) is 11.2 Å². The highest BCUT2D eigenvalue weighted by Crippen LogP contribution is 2.32.